The number of carbonyl (C=O) groups excluding carboxylic acids is 1. The fourth-order valence-corrected chi connectivity index (χ4v) is 3.15. The second kappa shape index (κ2) is 8.47. The fraction of sp³-hybridized carbons (Fsp3) is 0.444. The highest BCUT2D eigenvalue weighted by atomic mass is 35.5. The molecule has 0 bridgehead atoms. The van der Waals surface area contributed by atoms with Crippen molar-refractivity contribution in [2.45, 2.75) is 19.9 Å². The Kier molecular flexibility index (Phi) is 6.58. The van der Waals surface area contributed by atoms with Gasteiger partial charge in [-0.05, 0) is 31.0 Å². The van der Waals surface area contributed by atoms with E-state index in [1.165, 1.54) is 5.56 Å². The maximum atomic E-state index is 12.5. The van der Waals surface area contributed by atoms with Crippen LogP contribution in [0.4, 0.5) is 5.69 Å². The molecule has 2 aromatic rings. The van der Waals surface area contributed by atoms with E-state index in [0.717, 1.165) is 36.7 Å². The largest absolute Gasteiger partial charge is 0.337 e. The number of hydrogen-bond acceptors (Lipinski definition) is 4. The van der Waals surface area contributed by atoms with Crippen molar-refractivity contribution in [2.75, 3.05) is 31.5 Å². The summed E-state index contributed by atoms with van der Waals surface area (Å²) in [5, 5.41) is 6.44. The van der Waals surface area contributed by atoms with Gasteiger partial charge in [-0.15, -0.1) is 12.4 Å². The number of halogens is 1. The predicted octanol–water partition coefficient (Wildman–Crippen LogP) is 2.04. The minimum Gasteiger partial charge on any atom is -0.337 e. The van der Waals surface area contributed by atoms with Crippen molar-refractivity contribution >= 4 is 24.0 Å². The first-order chi connectivity index (χ1) is 11.6. The number of imidazole rings is 1. The third kappa shape index (κ3) is 4.39. The maximum Gasteiger partial charge on any atom is 0.238 e. The minimum atomic E-state index is 0. The lowest BCUT2D eigenvalue weighted by atomic mass is 10.1. The van der Waals surface area contributed by atoms with Crippen LogP contribution in [0.15, 0.2) is 30.6 Å². The highest BCUT2D eigenvalue weighted by Crippen LogP contribution is 2.21. The number of rotatable bonds is 4. The number of anilines is 1. The van der Waals surface area contributed by atoms with E-state index in [1.54, 1.807) is 6.20 Å². The summed E-state index contributed by atoms with van der Waals surface area (Å²) in [5.74, 6) is 1.01. The molecule has 1 aliphatic heterocycles. The molecule has 136 valence electrons. The van der Waals surface area contributed by atoms with Gasteiger partial charge in [0, 0.05) is 44.8 Å². The predicted molar refractivity (Wildman–Crippen MR) is 102 cm³/mol. The minimum absolute atomic E-state index is 0. The molecule has 0 saturated carbocycles. The molecule has 0 aliphatic carbocycles. The molecule has 1 aromatic carbocycles. The van der Waals surface area contributed by atoms with E-state index in [4.69, 9.17) is 0 Å². The maximum absolute atomic E-state index is 12.5. The number of benzene rings is 1. The Morgan fingerprint density at radius 1 is 1.40 bits per heavy atom. The van der Waals surface area contributed by atoms with Gasteiger partial charge >= 0.3 is 0 Å². The van der Waals surface area contributed by atoms with E-state index in [1.807, 2.05) is 36.9 Å². The Bertz CT molecular complexity index is 730. The third-order valence-electron chi connectivity index (χ3n) is 4.74. The van der Waals surface area contributed by atoms with Gasteiger partial charge in [0.1, 0.15) is 5.82 Å². The molecule has 1 amide bonds. The first kappa shape index (κ1) is 19.4. The average molecular weight is 364 g/mol. The molecular weight excluding hydrogens is 338 g/mol. The molecule has 25 heavy (non-hydrogen) atoms. The molecule has 1 unspecified atom stereocenters. The van der Waals surface area contributed by atoms with E-state index >= 15 is 0 Å². The lowest BCUT2D eigenvalue weighted by molar-refractivity contribution is -0.118. The van der Waals surface area contributed by atoms with Gasteiger partial charge in [-0.2, -0.15) is 0 Å². The molecule has 6 nitrogen and oxygen atoms in total. The molecule has 0 radical (unpaired) electrons. The summed E-state index contributed by atoms with van der Waals surface area (Å²) in [6.45, 7) is 6.98. The van der Waals surface area contributed by atoms with Gasteiger partial charge in [0.15, 0.2) is 0 Å². The molecule has 7 heteroatoms. The summed E-state index contributed by atoms with van der Waals surface area (Å²) in [5.41, 5.74) is 3.19. The van der Waals surface area contributed by atoms with Crippen LogP contribution in [0.5, 0.6) is 0 Å². The molecule has 1 atom stereocenters. The number of nitrogens with one attached hydrogen (secondary N) is 2. The van der Waals surface area contributed by atoms with Crippen molar-refractivity contribution < 1.29 is 4.79 Å². The summed E-state index contributed by atoms with van der Waals surface area (Å²) < 4.78 is 2.02. The number of aromatic nitrogens is 2. The van der Waals surface area contributed by atoms with Crippen LogP contribution in [0.25, 0.3) is 0 Å². The van der Waals surface area contributed by atoms with Crippen molar-refractivity contribution in [3.05, 3.63) is 47.5 Å². The van der Waals surface area contributed by atoms with Crippen LogP contribution in [-0.4, -0.2) is 46.5 Å². The van der Waals surface area contributed by atoms with Crippen LogP contribution >= 0.6 is 12.4 Å². The smallest absolute Gasteiger partial charge is 0.238 e. The second-order valence-corrected chi connectivity index (χ2v) is 6.38. The van der Waals surface area contributed by atoms with E-state index in [9.17, 15) is 4.79 Å². The Morgan fingerprint density at radius 2 is 2.20 bits per heavy atom. The molecule has 0 spiro atoms. The first-order valence-corrected chi connectivity index (χ1v) is 8.34. The summed E-state index contributed by atoms with van der Waals surface area (Å²) in [4.78, 5) is 19.2. The van der Waals surface area contributed by atoms with E-state index in [2.05, 4.69) is 33.5 Å². The summed E-state index contributed by atoms with van der Waals surface area (Å²) >= 11 is 0. The number of carbonyl (C=O) groups is 1. The number of hydrogen-bond donors (Lipinski definition) is 2. The highest BCUT2D eigenvalue weighted by Gasteiger charge is 2.28. The monoisotopic (exact) mass is 363 g/mol. The highest BCUT2D eigenvalue weighted by molar-refractivity contribution is 5.93. The Morgan fingerprint density at radius 3 is 2.92 bits per heavy atom. The van der Waals surface area contributed by atoms with Crippen LogP contribution < -0.4 is 10.6 Å². The molecule has 2 heterocycles. The van der Waals surface area contributed by atoms with Crippen LogP contribution in [0.2, 0.25) is 0 Å². The summed E-state index contributed by atoms with van der Waals surface area (Å²) in [6.07, 6.45) is 3.75. The zero-order valence-corrected chi connectivity index (χ0v) is 15.8. The molecular formula is C18H26ClN5O. The summed E-state index contributed by atoms with van der Waals surface area (Å²) in [6, 6.07) is 6.09. The van der Waals surface area contributed by atoms with Crippen molar-refractivity contribution in [3.63, 3.8) is 0 Å². The van der Waals surface area contributed by atoms with E-state index < -0.39 is 0 Å². The number of amides is 1. The SMILES string of the molecule is Cc1cccc(NC(=O)CN2CCNCC2c2nccn2C)c1C.Cl. The zero-order valence-electron chi connectivity index (χ0n) is 15.0. The molecule has 1 aliphatic rings. The van der Waals surface area contributed by atoms with Crippen LogP contribution in [0.1, 0.15) is 23.0 Å². The standard InChI is InChI=1S/C18H25N5O.ClH/c1-13-5-4-6-15(14(13)2)21-17(24)12-23-10-7-19-11-16(23)18-20-8-9-22(18)3;/h4-6,8-9,16,19H,7,10-12H2,1-3H3,(H,21,24);1H. The van der Waals surface area contributed by atoms with Gasteiger partial charge in [0.05, 0.1) is 12.6 Å². The van der Waals surface area contributed by atoms with E-state index in [-0.39, 0.29) is 24.4 Å². The van der Waals surface area contributed by atoms with Crippen LogP contribution in [0, 0.1) is 13.8 Å². The van der Waals surface area contributed by atoms with Crippen LogP contribution in [0.3, 0.4) is 0 Å². The van der Waals surface area contributed by atoms with Gasteiger partial charge in [-0.25, -0.2) is 4.98 Å². The average Bonchev–Trinajstić information content (AvgIpc) is 2.98. The Hall–Kier alpha value is -1.89. The van der Waals surface area contributed by atoms with E-state index in [0.29, 0.717) is 6.54 Å². The quantitative estimate of drug-likeness (QED) is 0.872. The zero-order chi connectivity index (χ0) is 17.1. The van der Waals surface area contributed by atoms with Crippen molar-refractivity contribution in [1.29, 1.82) is 0 Å². The topological polar surface area (TPSA) is 62.2 Å². The van der Waals surface area contributed by atoms with Gasteiger partial charge in [0.2, 0.25) is 5.91 Å². The van der Waals surface area contributed by atoms with Crippen molar-refractivity contribution in [2.24, 2.45) is 7.05 Å². The van der Waals surface area contributed by atoms with Crippen molar-refractivity contribution in [1.82, 2.24) is 19.8 Å². The lowest BCUT2D eigenvalue weighted by Crippen LogP contribution is -2.49. The molecule has 3 rings (SSSR count). The molecule has 1 fully saturated rings. The Balaban J connectivity index is 0.00000225. The molecule has 2 N–H and O–H groups in total. The lowest BCUT2D eigenvalue weighted by Gasteiger charge is -2.35. The normalized spacial score (nSPS) is 17.8. The fourth-order valence-electron chi connectivity index (χ4n) is 3.15. The van der Waals surface area contributed by atoms with Gasteiger partial charge in [-0.1, -0.05) is 12.1 Å². The van der Waals surface area contributed by atoms with Gasteiger partial charge < -0.3 is 15.2 Å². The Labute approximate surface area is 155 Å². The summed E-state index contributed by atoms with van der Waals surface area (Å²) in [7, 11) is 1.99. The number of piperazine rings is 1. The van der Waals surface area contributed by atoms with Gasteiger partial charge in [-0.3, -0.25) is 9.69 Å². The molecule has 1 aromatic heterocycles. The molecule has 1 saturated heterocycles. The third-order valence-corrected chi connectivity index (χ3v) is 4.74. The second-order valence-electron chi connectivity index (χ2n) is 6.38. The number of aryl methyl sites for hydroxylation is 2. The number of nitrogens with zero attached hydrogens (tertiary/aromatic N) is 3. The van der Waals surface area contributed by atoms with Crippen LogP contribution in [-0.2, 0) is 11.8 Å². The van der Waals surface area contributed by atoms with Crippen molar-refractivity contribution in [3.8, 4) is 0 Å². The first-order valence-electron chi connectivity index (χ1n) is 8.34. The van der Waals surface area contributed by atoms with Gasteiger partial charge in [0.25, 0.3) is 0 Å².